The molecule has 3 rings (SSSR count). The highest BCUT2D eigenvalue weighted by Gasteiger charge is 2.35. The van der Waals surface area contributed by atoms with Crippen molar-refractivity contribution >= 4 is 40.7 Å². The van der Waals surface area contributed by atoms with E-state index in [1.165, 1.54) is 0 Å². The second kappa shape index (κ2) is 8.01. The predicted octanol–water partition coefficient (Wildman–Crippen LogP) is 2.45. The Kier molecular flexibility index (Phi) is 5.53. The molecule has 0 saturated carbocycles. The van der Waals surface area contributed by atoms with Crippen LogP contribution in [0.15, 0.2) is 54.6 Å². The molecule has 1 atom stereocenters. The van der Waals surface area contributed by atoms with Crippen LogP contribution in [0.2, 0.25) is 5.02 Å². The van der Waals surface area contributed by atoms with Crippen molar-refractivity contribution in [3.8, 4) is 0 Å². The van der Waals surface area contributed by atoms with Crippen LogP contribution in [-0.4, -0.2) is 30.8 Å². The van der Waals surface area contributed by atoms with E-state index in [2.05, 4.69) is 10.6 Å². The number of nitrogens with zero attached hydrogens (tertiary/aromatic N) is 1. The van der Waals surface area contributed by atoms with Crippen molar-refractivity contribution in [2.45, 2.75) is 6.42 Å². The van der Waals surface area contributed by atoms with Crippen molar-refractivity contribution in [3.63, 3.8) is 0 Å². The normalized spacial score (nSPS) is 16.4. The van der Waals surface area contributed by atoms with Gasteiger partial charge in [-0.05, 0) is 30.3 Å². The van der Waals surface area contributed by atoms with Crippen molar-refractivity contribution in [2.24, 2.45) is 5.92 Å². The Bertz CT molecular complexity index is 826. The molecular formula is C19H18ClN3O3. The average Bonchev–Trinajstić information content (AvgIpc) is 3.02. The first kappa shape index (κ1) is 17.9. The molecule has 2 aromatic rings. The summed E-state index contributed by atoms with van der Waals surface area (Å²) < 4.78 is 0. The van der Waals surface area contributed by atoms with Gasteiger partial charge in [0.05, 0.1) is 12.5 Å². The number of nitrogens with one attached hydrogen (secondary N) is 2. The summed E-state index contributed by atoms with van der Waals surface area (Å²) in [5.74, 6) is -1.23. The zero-order chi connectivity index (χ0) is 18.5. The third-order valence-electron chi connectivity index (χ3n) is 4.10. The lowest BCUT2D eigenvalue weighted by atomic mass is 10.1. The van der Waals surface area contributed by atoms with Gasteiger partial charge in [-0.1, -0.05) is 35.9 Å². The molecule has 1 heterocycles. The summed E-state index contributed by atoms with van der Waals surface area (Å²) in [6, 6.07) is 16.0. The number of anilines is 2. The predicted molar refractivity (Wildman–Crippen MR) is 100.0 cm³/mol. The lowest BCUT2D eigenvalue weighted by molar-refractivity contribution is -0.127. The number of carbonyl (C=O) groups is 3. The summed E-state index contributed by atoms with van der Waals surface area (Å²) in [7, 11) is 0. The van der Waals surface area contributed by atoms with Gasteiger partial charge in [-0.3, -0.25) is 14.4 Å². The van der Waals surface area contributed by atoms with E-state index in [-0.39, 0.29) is 30.7 Å². The first-order valence-electron chi connectivity index (χ1n) is 8.21. The maximum Gasteiger partial charge on any atom is 0.243 e. The van der Waals surface area contributed by atoms with E-state index in [1.807, 2.05) is 30.3 Å². The highest BCUT2D eigenvalue weighted by Crippen LogP contribution is 2.24. The van der Waals surface area contributed by atoms with Crippen LogP contribution in [0.25, 0.3) is 0 Å². The van der Waals surface area contributed by atoms with Gasteiger partial charge in [-0.2, -0.15) is 0 Å². The van der Waals surface area contributed by atoms with E-state index in [0.717, 1.165) is 5.69 Å². The molecule has 0 aromatic heterocycles. The number of para-hydroxylation sites is 1. The van der Waals surface area contributed by atoms with Crippen LogP contribution in [0, 0.1) is 5.92 Å². The Hall–Kier alpha value is -2.86. The second-order valence-electron chi connectivity index (χ2n) is 6.02. The number of halogens is 1. The van der Waals surface area contributed by atoms with Crippen molar-refractivity contribution < 1.29 is 14.4 Å². The first-order valence-corrected chi connectivity index (χ1v) is 8.59. The number of benzene rings is 2. The van der Waals surface area contributed by atoms with E-state index >= 15 is 0 Å². The third kappa shape index (κ3) is 4.40. The Balaban J connectivity index is 1.51. The molecule has 1 saturated heterocycles. The number of carbonyl (C=O) groups excluding carboxylic acids is 3. The van der Waals surface area contributed by atoms with E-state index in [1.54, 1.807) is 29.2 Å². The van der Waals surface area contributed by atoms with Gasteiger partial charge in [-0.25, -0.2) is 0 Å². The summed E-state index contributed by atoms with van der Waals surface area (Å²) in [5.41, 5.74) is 1.33. The quantitative estimate of drug-likeness (QED) is 0.847. The molecule has 2 aromatic carbocycles. The van der Waals surface area contributed by atoms with Crippen molar-refractivity contribution in [1.29, 1.82) is 0 Å². The molecule has 2 N–H and O–H groups in total. The molecule has 1 aliphatic rings. The minimum Gasteiger partial charge on any atom is -0.347 e. The Morgan fingerprint density at radius 3 is 2.62 bits per heavy atom. The summed E-state index contributed by atoms with van der Waals surface area (Å²) in [4.78, 5) is 38.0. The fourth-order valence-corrected chi connectivity index (χ4v) is 3.01. The van der Waals surface area contributed by atoms with Gasteiger partial charge in [-0.15, -0.1) is 0 Å². The zero-order valence-electron chi connectivity index (χ0n) is 13.9. The van der Waals surface area contributed by atoms with E-state index in [4.69, 9.17) is 11.6 Å². The van der Waals surface area contributed by atoms with Crippen LogP contribution >= 0.6 is 11.6 Å². The minimum absolute atomic E-state index is 0.0975. The van der Waals surface area contributed by atoms with Crippen LogP contribution in [-0.2, 0) is 14.4 Å². The maximum absolute atomic E-state index is 12.3. The van der Waals surface area contributed by atoms with E-state index in [9.17, 15) is 14.4 Å². The largest absolute Gasteiger partial charge is 0.347 e. The number of hydrogen-bond acceptors (Lipinski definition) is 3. The molecule has 1 fully saturated rings. The molecule has 0 unspecified atom stereocenters. The molecule has 0 spiro atoms. The second-order valence-corrected chi connectivity index (χ2v) is 6.45. The van der Waals surface area contributed by atoms with Crippen LogP contribution in [0.5, 0.6) is 0 Å². The fraction of sp³-hybridized carbons (Fsp3) is 0.211. The van der Waals surface area contributed by atoms with Crippen LogP contribution < -0.4 is 15.5 Å². The highest BCUT2D eigenvalue weighted by atomic mass is 35.5. The molecule has 134 valence electrons. The Labute approximate surface area is 156 Å². The van der Waals surface area contributed by atoms with Crippen molar-refractivity contribution in [2.75, 3.05) is 23.3 Å². The van der Waals surface area contributed by atoms with Gasteiger partial charge in [0.2, 0.25) is 17.7 Å². The van der Waals surface area contributed by atoms with Crippen LogP contribution in [0.3, 0.4) is 0 Å². The maximum atomic E-state index is 12.3. The van der Waals surface area contributed by atoms with Crippen LogP contribution in [0.4, 0.5) is 11.4 Å². The SMILES string of the molecule is O=C(CNC(=O)[C@@H]1CC(=O)N(c2ccccc2)C1)Nc1cccc(Cl)c1. The molecule has 3 amide bonds. The van der Waals surface area contributed by atoms with E-state index in [0.29, 0.717) is 17.3 Å². The smallest absolute Gasteiger partial charge is 0.243 e. The van der Waals surface area contributed by atoms with Gasteiger partial charge in [0.1, 0.15) is 0 Å². The minimum atomic E-state index is -0.471. The lowest BCUT2D eigenvalue weighted by Gasteiger charge is -2.16. The molecule has 0 bridgehead atoms. The molecule has 26 heavy (non-hydrogen) atoms. The third-order valence-corrected chi connectivity index (χ3v) is 4.33. The highest BCUT2D eigenvalue weighted by molar-refractivity contribution is 6.30. The van der Waals surface area contributed by atoms with Crippen LogP contribution in [0.1, 0.15) is 6.42 Å². The van der Waals surface area contributed by atoms with Gasteiger partial charge < -0.3 is 15.5 Å². The van der Waals surface area contributed by atoms with Gasteiger partial charge in [0.15, 0.2) is 0 Å². The molecule has 0 radical (unpaired) electrons. The van der Waals surface area contributed by atoms with Crippen molar-refractivity contribution in [3.05, 3.63) is 59.6 Å². The first-order chi connectivity index (χ1) is 12.5. The fourth-order valence-electron chi connectivity index (χ4n) is 2.82. The number of rotatable bonds is 5. The zero-order valence-corrected chi connectivity index (χ0v) is 14.7. The Morgan fingerprint density at radius 1 is 1.12 bits per heavy atom. The molecule has 7 heteroatoms. The number of hydrogen-bond donors (Lipinski definition) is 2. The summed E-state index contributed by atoms with van der Waals surface area (Å²) in [6.45, 7) is 0.145. The van der Waals surface area contributed by atoms with Crippen molar-refractivity contribution in [1.82, 2.24) is 5.32 Å². The lowest BCUT2D eigenvalue weighted by Crippen LogP contribution is -2.37. The number of amides is 3. The van der Waals surface area contributed by atoms with E-state index < -0.39 is 5.92 Å². The molecule has 6 nitrogen and oxygen atoms in total. The summed E-state index contributed by atoms with van der Waals surface area (Å²) >= 11 is 5.86. The Morgan fingerprint density at radius 2 is 1.88 bits per heavy atom. The van der Waals surface area contributed by atoms with Gasteiger partial charge in [0.25, 0.3) is 0 Å². The standard InChI is InChI=1S/C19H18ClN3O3/c20-14-5-4-6-15(10-14)22-17(24)11-21-19(26)13-9-18(25)23(12-13)16-7-2-1-3-8-16/h1-8,10,13H,9,11-12H2,(H,21,26)(H,22,24)/t13-/m1/s1. The summed E-state index contributed by atoms with van der Waals surface area (Å²) in [6.07, 6.45) is 0.136. The van der Waals surface area contributed by atoms with Gasteiger partial charge >= 0.3 is 0 Å². The topological polar surface area (TPSA) is 78.5 Å². The molecule has 1 aliphatic heterocycles. The average molecular weight is 372 g/mol. The monoisotopic (exact) mass is 371 g/mol. The molecular weight excluding hydrogens is 354 g/mol. The van der Waals surface area contributed by atoms with Gasteiger partial charge in [0, 0.05) is 29.4 Å². The summed E-state index contributed by atoms with van der Waals surface area (Å²) in [5, 5.41) is 5.76. The molecule has 0 aliphatic carbocycles.